The summed E-state index contributed by atoms with van der Waals surface area (Å²) in [5.74, 6) is -0.0182. The summed E-state index contributed by atoms with van der Waals surface area (Å²) in [5, 5.41) is 28.0. The molecule has 0 aromatic heterocycles. The minimum atomic E-state index is -3.72. The van der Waals surface area contributed by atoms with Gasteiger partial charge in [0.15, 0.2) is 11.5 Å². The van der Waals surface area contributed by atoms with Crippen LogP contribution in [-0.4, -0.2) is 43.6 Å². The summed E-state index contributed by atoms with van der Waals surface area (Å²) in [4.78, 5) is 10.4. The number of phenolic OH excluding ortho intramolecular Hbond substituents is 1. The molecule has 0 aliphatic carbocycles. The summed E-state index contributed by atoms with van der Waals surface area (Å²) in [6.45, 7) is 0.264. The molecule has 0 radical (unpaired) electrons. The van der Waals surface area contributed by atoms with Gasteiger partial charge in [0, 0.05) is 11.6 Å². The van der Waals surface area contributed by atoms with Crippen LogP contribution >= 0.6 is 0 Å². The Morgan fingerprint density at radius 3 is 2.56 bits per heavy atom. The third-order valence-electron chi connectivity index (χ3n) is 4.38. The Labute approximate surface area is 185 Å². The zero-order chi connectivity index (χ0) is 23.7. The van der Waals surface area contributed by atoms with Crippen LogP contribution in [0.5, 0.6) is 11.5 Å². The molecule has 0 fully saturated rings. The van der Waals surface area contributed by atoms with Crippen LogP contribution < -0.4 is 9.99 Å². The number of phenols is 1. The standard InChI is InChI=1S/C21H16N2O3.CH4O4S/c1-23-18-8-3-2-6-16(18)12-19(23)17(13-22)7-4-5-15-9-10-20(25)21(11-15)26-14-24;1-6(3,4)5-2/h2-11,14H,12H2,1H3;2H,1H3. The van der Waals surface area contributed by atoms with Gasteiger partial charge in [0.25, 0.3) is 16.6 Å². The lowest BCUT2D eigenvalue weighted by Crippen LogP contribution is -2.12. The van der Waals surface area contributed by atoms with Crippen molar-refractivity contribution in [2.24, 2.45) is 0 Å². The van der Waals surface area contributed by atoms with Crippen LogP contribution in [0.25, 0.3) is 6.08 Å². The monoisotopic (exact) mass is 456 g/mol. The molecule has 32 heavy (non-hydrogen) atoms. The van der Waals surface area contributed by atoms with Crippen molar-refractivity contribution in [2.45, 2.75) is 6.42 Å². The first-order chi connectivity index (χ1) is 15.2. The van der Waals surface area contributed by atoms with Crippen molar-refractivity contribution in [3.05, 3.63) is 71.3 Å². The van der Waals surface area contributed by atoms with Crippen molar-refractivity contribution in [1.82, 2.24) is 0 Å². The van der Waals surface area contributed by atoms with Crippen molar-refractivity contribution < 1.29 is 37.2 Å². The summed E-state index contributed by atoms with van der Waals surface area (Å²) in [6.07, 6.45) is 6.69. The number of fused-ring (bicyclic) bond motifs is 1. The number of aromatic hydroxyl groups is 1. The quantitative estimate of drug-likeness (QED) is 0.173. The number of nitriles is 1. The van der Waals surface area contributed by atoms with Crippen LogP contribution in [0.15, 0.2) is 60.2 Å². The fraction of sp³-hybridized carbons (Fsp3) is 0.136. The molecule has 1 aliphatic heterocycles. The molecular weight excluding hydrogens is 436 g/mol. The molecule has 0 unspecified atom stereocenters. The molecule has 0 saturated heterocycles. The number of hydrogen-bond acceptors (Lipinski definition) is 8. The molecule has 1 N–H and O–H groups in total. The predicted molar refractivity (Wildman–Crippen MR) is 114 cm³/mol. The molecular formula is C22H20N2O7S. The summed E-state index contributed by atoms with van der Waals surface area (Å²) >= 11 is 0. The van der Waals surface area contributed by atoms with Crippen LogP contribution in [0.3, 0.4) is 0 Å². The fourth-order valence-electron chi connectivity index (χ4n) is 2.94. The molecule has 1 heterocycles. The van der Waals surface area contributed by atoms with Crippen LogP contribution in [-0.2, 0) is 25.7 Å². The van der Waals surface area contributed by atoms with Gasteiger partial charge in [-0.2, -0.15) is 9.84 Å². The summed E-state index contributed by atoms with van der Waals surface area (Å²) in [6, 6.07) is 15.0. The zero-order valence-electron chi connectivity index (χ0n) is 17.3. The Morgan fingerprint density at radius 2 is 1.97 bits per heavy atom. The molecule has 0 saturated carbocycles. The Hall–Kier alpha value is -3.78. The molecule has 2 aromatic rings. The molecule has 0 amide bonds. The van der Waals surface area contributed by atoms with Crippen LogP contribution in [0.2, 0.25) is 0 Å². The van der Waals surface area contributed by atoms with Crippen molar-refractivity contribution in [3.63, 3.8) is 0 Å². The second-order valence-electron chi connectivity index (χ2n) is 6.58. The fourth-order valence-corrected chi connectivity index (χ4v) is 2.94. The number of ether oxygens (including phenoxy) is 1. The highest BCUT2D eigenvalue weighted by Crippen LogP contribution is 2.28. The molecule has 2 aromatic carbocycles. The molecule has 1 aliphatic rings. The first-order valence-electron chi connectivity index (χ1n) is 9.11. The summed E-state index contributed by atoms with van der Waals surface area (Å²) in [7, 11) is -1.76. The minimum Gasteiger partial charge on any atom is -0.707 e. The van der Waals surface area contributed by atoms with Crippen molar-refractivity contribution >= 4 is 34.1 Å². The van der Waals surface area contributed by atoms with Crippen molar-refractivity contribution in [2.75, 3.05) is 13.3 Å². The topological polar surface area (TPSA) is 140 Å². The minimum absolute atomic E-state index is 0.0898. The van der Waals surface area contributed by atoms with E-state index in [1.165, 1.54) is 11.6 Å². The van der Waals surface area contributed by atoms with Crippen molar-refractivity contribution in [1.29, 1.82) is 5.26 Å². The molecule has 9 nitrogen and oxygen atoms in total. The Balaban J connectivity index is 0.000000534. The van der Waals surface area contributed by atoms with Gasteiger partial charge in [0.1, 0.15) is 18.7 Å². The smallest absolute Gasteiger partial charge is 0.298 e. The average molecular weight is 456 g/mol. The molecule has 0 atom stereocenters. The van der Waals surface area contributed by atoms with E-state index in [9.17, 15) is 23.6 Å². The first-order valence-corrected chi connectivity index (χ1v) is 10.9. The van der Waals surface area contributed by atoms with E-state index in [1.807, 2.05) is 29.8 Å². The maximum absolute atomic E-state index is 10.4. The number of allylic oxidation sites excluding steroid dienone is 3. The number of benzene rings is 2. The molecule has 166 valence electrons. The van der Waals surface area contributed by atoms with E-state index in [2.05, 4.69) is 16.5 Å². The van der Waals surface area contributed by atoms with Crippen molar-refractivity contribution in [3.8, 4) is 17.6 Å². The highest BCUT2D eigenvalue weighted by molar-refractivity contribution is 7.85. The first kappa shape index (κ1) is 24.5. The molecule has 0 spiro atoms. The predicted octanol–water partition coefficient (Wildman–Crippen LogP) is 1.60. The van der Waals surface area contributed by atoms with Gasteiger partial charge in [-0.1, -0.05) is 36.4 Å². The second-order valence-corrected chi connectivity index (χ2v) is 8.12. The van der Waals surface area contributed by atoms with E-state index in [1.54, 1.807) is 30.4 Å². The van der Waals surface area contributed by atoms with E-state index in [4.69, 9.17) is 9.99 Å². The Kier molecular flexibility index (Phi) is 8.43. The lowest BCUT2D eigenvalue weighted by molar-refractivity contribution is -0.634. The third kappa shape index (κ3) is 6.61. The highest BCUT2D eigenvalue weighted by Gasteiger charge is 2.28. The van der Waals surface area contributed by atoms with Gasteiger partial charge in [-0.25, -0.2) is 8.42 Å². The summed E-state index contributed by atoms with van der Waals surface area (Å²) in [5.41, 5.74) is 4.59. The number of hydrogen-bond donors (Lipinski definition) is 1. The summed E-state index contributed by atoms with van der Waals surface area (Å²) < 4.78 is 28.3. The van der Waals surface area contributed by atoms with Crippen LogP contribution in [0.4, 0.5) is 5.69 Å². The maximum Gasteiger partial charge on any atom is 0.298 e. The van der Waals surface area contributed by atoms with Gasteiger partial charge in [-0.15, -0.1) is 0 Å². The van der Waals surface area contributed by atoms with Crippen LogP contribution in [0, 0.1) is 11.3 Å². The van der Waals surface area contributed by atoms with Gasteiger partial charge in [0.05, 0.1) is 12.7 Å². The van der Waals surface area contributed by atoms with Gasteiger partial charge < -0.3 is 19.4 Å². The number of carbonyl (C=O) groups excluding carboxylic acids is 1. The Bertz CT molecular complexity index is 1240. The second kappa shape index (κ2) is 11.0. The SMILES string of the molecule is CS(=O)(=O)O[O-].C[N+]1=C(/C(C#N)=C/C=C/c2ccc(O)c(OC=O)c2)Cc2ccccc21. The van der Waals surface area contributed by atoms with E-state index >= 15 is 0 Å². The van der Waals surface area contributed by atoms with Gasteiger partial charge >= 0.3 is 0 Å². The molecule has 3 rings (SSSR count). The number of nitrogens with zero attached hydrogens (tertiary/aromatic N) is 2. The average Bonchev–Trinajstić information content (AvgIpc) is 3.10. The Morgan fingerprint density at radius 1 is 1.28 bits per heavy atom. The van der Waals surface area contributed by atoms with E-state index in [0.29, 0.717) is 11.8 Å². The molecule has 10 heteroatoms. The number of carbonyl (C=O) groups is 1. The van der Waals surface area contributed by atoms with E-state index in [0.717, 1.165) is 23.4 Å². The van der Waals surface area contributed by atoms with Gasteiger partial charge in [0.2, 0.25) is 11.4 Å². The van der Waals surface area contributed by atoms with Gasteiger partial charge in [-0.3, -0.25) is 4.79 Å². The lowest BCUT2D eigenvalue weighted by Gasteiger charge is -2.02. The highest BCUT2D eigenvalue weighted by atomic mass is 32.2. The third-order valence-corrected chi connectivity index (χ3v) is 4.63. The largest absolute Gasteiger partial charge is 0.707 e. The lowest BCUT2D eigenvalue weighted by atomic mass is 10.0. The number of rotatable bonds is 6. The zero-order valence-corrected chi connectivity index (χ0v) is 18.1. The van der Waals surface area contributed by atoms with Crippen LogP contribution in [0.1, 0.15) is 11.1 Å². The van der Waals surface area contributed by atoms with E-state index < -0.39 is 10.1 Å². The van der Waals surface area contributed by atoms with Gasteiger partial charge in [-0.05, 0) is 23.8 Å². The molecule has 0 bridgehead atoms. The normalized spacial score (nSPS) is 13.2. The number of para-hydroxylation sites is 1. The van der Waals surface area contributed by atoms with E-state index in [-0.39, 0.29) is 18.0 Å². The maximum atomic E-state index is 10.4.